The summed E-state index contributed by atoms with van der Waals surface area (Å²) >= 11 is 0. The maximum atomic E-state index is 11.3. The van der Waals surface area contributed by atoms with Gasteiger partial charge in [0.2, 0.25) is 0 Å². The molecule has 1 N–H and O–H groups in total. The smallest absolute Gasteiger partial charge is 0.0888 e. The third kappa shape index (κ3) is 8.41. The molecule has 0 aromatic heterocycles. The van der Waals surface area contributed by atoms with Crippen LogP contribution in [0.25, 0.3) is 0 Å². The van der Waals surface area contributed by atoms with E-state index in [0.717, 1.165) is 12.8 Å². The summed E-state index contributed by atoms with van der Waals surface area (Å²) in [6.45, 7) is 6.22. The predicted octanol–water partition coefficient (Wildman–Crippen LogP) is 1.10. The van der Waals surface area contributed by atoms with Crippen molar-refractivity contribution in [1.29, 1.82) is 0 Å². The lowest BCUT2D eigenvalue weighted by atomic mass is 10.4. The van der Waals surface area contributed by atoms with Crippen LogP contribution in [0.4, 0.5) is 0 Å². The van der Waals surface area contributed by atoms with E-state index < -0.39 is 16.9 Å². The van der Waals surface area contributed by atoms with Gasteiger partial charge >= 0.3 is 0 Å². The largest absolute Gasteiger partial charge is 0.390 e. The second-order valence-electron chi connectivity index (χ2n) is 3.14. The highest BCUT2D eigenvalue weighted by atomic mass is 32.2. The molecular weight excluding hydrogens is 200 g/mol. The molecule has 0 saturated heterocycles. The van der Waals surface area contributed by atoms with Crippen molar-refractivity contribution in [2.45, 2.75) is 25.9 Å². The Bertz CT molecular complexity index is 171. The zero-order chi connectivity index (χ0) is 10.8. The minimum Gasteiger partial charge on any atom is -0.390 e. The lowest BCUT2D eigenvalue weighted by Gasteiger charge is -2.09. The molecule has 0 aromatic carbocycles. The molecule has 0 radical (unpaired) electrons. The molecule has 0 aliphatic heterocycles. The number of unbranched alkanes of at least 4 members (excludes halogenated alkanes) is 1. The molecule has 14 heavy (non-hydrogen) atoms. The van der Waals surface area contributed by atoms with Gasteiger partial charge in [-0.2, -0.15) is 0 Å². The summed E-state index contributed by atoms with van der Waals surface area (Å²) in [6, 6.07) is 0. The Morgan fingerprint density at radius 1 is 1.64 bits per heavy atom. The Morgan fingerprint density at radius 3 is 2.93 bits per heavy atom. The third-order valence-electron chi connectivity index (χ3n) is 1.65. The predicted molar refractivity (Wildman–Crippen MR) is 59.8 cm³/mol. The van der Waals surface area contributed by atoms with E-state index in [2.05, 4.69) is 13.5 Å². The number of rotatable bonds is 9. The minimum absolute atomic E-state index is 0.240. The van der Waals surface area contributed by atoms with Crippen LogP contribution in [0.1, 0.15) is 19.8 Å². The number of hydrogen-bond acceptors (Lipinski definition) is 3. The first kappa shape index (κ1) is 13.8. The molecule has 84 valence electrons. The average molecular weight is 220 g/mol. The Kier molecular flexibility index (Phi) is 9.24. The van der Waals surface area contributed by atoms with E-state index in [0.29, 0.717) is 18.1 Å². The third-order valence-corrected chi connectivity index (χ3v) is 3.15. The molecule has 0 aliphatic carbocycles. The van der Waals surface area contributed by atoms with Crippen molar-refractivity contribution in [3.63, 3.8) is 0 Å². The molecule has 3 nitrogen and oxygen atoms in total. The summed E-state index contributed by atoms with van der Waals surface area (Å²) in [7, 11) is -0.911. The molecule has 2 atom stereocenters. The second-order valence-corrected chi connectivity index (χ2v) is 4.77. The van der Waals surface area contributed by atoms with Crippen LogP contribution in [0.15, 0.2) is 12.7 Å². The van der Waals surface area contributed by atoms with Crippen LogP contribution in [-0.4, -0.2) is 40.1 Å². The van der Waals surface area contributed by atoms with Gasteiger partial charge in [0.25, 0.3) is 0 Å². The molecule has 0 spiro atoms. The van der Waals surface area contributed by atoms with Gasteiger partial charge in [0.05, 0.1) is 25.1 Å². The van der Waals surface area contributed by atoms with Gasteiger partial charge in [0.1, 0.15) is 0 Å². The summed E-state index contributed by atoms with van der Waals surface area (Å²) < 4.78 is 16.4. The lowest BCUT2D eigenvalue weighted by Crippen LogP contribution is -2.23. The highest BCUT2D eigenvalue weighted by Gasteiger charge is 2.08. The van der Waals surface area contributed by atoms with Crippen LogP contribution in [0.5, 0.6) is 0 Å². The average Bonchev–Trinajstić information content (AvgIpc) is 2.15. The summed E-state index contributed by atoms with van der Waals surface area (Å²) in [5.41, 5.74) is 0. The zero-order valence-electron chi connectivity index (χ0n) is 8.78. The van der Waals surface area contributed by atoms with Crippen molar-refractivity contribution < 1.29 is 14.1 Å². The van der Waals surface area contributed by atoms with E-state index >= 15 is 0 Å². The van der Waals surface area contributed by atoms with Gasteiger partial charge in [-0.1, -0.05) is 19.4 Å². The van der Waals surface area contributed by atoms with E-state index in [9.17, 15) is 9.32 Å². The monoisotopic (exact) mass is 220 g/mol. The van der Waals surface area contributed by atoms with Gasteiger partial charge in [-0.25, -0.2) is 0 Å². The van der Waals surface area contributed by atoms with E-state index in [1.165, 1.54) is 0 Å². The van der Waals surface area contributed by atoms with Gasteiger partial charge in [0, 0.05) is 16.6 Å². The first-order chi connectivity index (χ1) is 6.70. The fraction of sp³-hybridized carbons (Fsp3) is 0.800. The summed E-state index contributed by atoms with van der Waals surface area (Å²) in [6.07, 6.45) is 3.00. The van der Waals surface area contributed by atoms with Crippen LogP contribution in [0.3, 0.4) is 0 Å². The fourth-order valence-corrected chi connectivity index (χ4v) is 2.24. The molecule has 0 rings (SSSR count). The zero-order valence-corrected chi connectivity index (χ0v) is 9.59. The van der Waals surface area contributed by atoms with Crippen LogP contribution in [-0.2, 0) is 15.5 Å². The standard InChI is InChI=1S/C10H20O3S/c1-3-5-7-14(12)9-10(11)8-13-6-4-2/h4,10-11H,2-3,5-9H2,1H3/t10-,14+/m1/s1. The SMILES string of the molecule is C=CCOC[C@@H](O)C[S@@](=O)CCCC. The Balaban J connectivity index is 3.44. The van der Waals surface area contributed by atoms with Crippen molar-refractivity contribution in [3.05, 3.63) is 12.7 Å². The van der Waals surface area contributed by atoms with Crippen LogP contribution in [0.2, 0.25) is 0 Å². The minimum atomic E-state index is -0.911. The lowest BCUT2D eigenvalue weighted by molar-refractivity contribution is 0.0620. The quantitative estimate of drug-likeness (QED) is 0.467. The summed E-state index contributed by atoms with van der Waals surface area (Å²) in [5, 5.41) is 9.39. The number of aliphatic hydroxyl groups is 1. The van der Waals surface area contributed by atoms with Gasteiger partial charge in [-0.3, -0.25) is 4.21 Å². The van der Waals surface area contributed by atoms with E-state index in [4.69, 9.17) is 4.74 Å². The van der Waals surface area contributed by atoms with Crippen LogP contribution >= 0.6 is 0 Å². The maximum absolute atomic E-state index is 11.3. The van der Waals surface area contributed by atoms with Crippen molar-refractivity contribution in [1.82, 2.24) is 0 Å². The number of hydrogen-bond donors (Lipinski definition) is 1. The van der Waals surface area contributed by atoms with Crippen molar-refractivity contribution in [2.24, 2.45) is 0 Å². The van der Waals surface area contributed by atoms with Gasteiger partial charge in [-0.15, -0.1) is 6.58 Å². The first-order valence-electron chi connectivity index (χ1n) is 4.92. The van der Waals surface area contributed by atoms with Crippen molar-refractivity contribution in [2.75, 3.05) is 24.7 Å². The number of ether oxygens (including phenoxy) is 1. The van der Waals surface area contributed by atoms with Crippen LogP contribution in [0, 0.1) is 0 Å². The number of aliphatic hydroxyl groups excluding tert-OH is 1. The Labute approximate surface area is 88.6 Å². The van der Waals surface area contributed by atoms with Crippen molar-refractivity contribution >= 4 is 10.8 Å². The highest BCUT2D eigenvalue weighted by Crippen LogP contribution is 1.96. The topological polar surface area (TPSA) is 46.5 Å². The molecule has 0 fully saturated rings. The Morgan fingerprint density at radius 2 is 2.36 bits per heavy atom. The first-order valence-corrected chi connectivity index (χ1v) is 6.41. The molecule has 0 saturated carbocycles. The second kappa shape index (κ2) is 9.37. The fourth-order valence-electron chi connectivity index (χ4n) is 0.939. The van der Waals surface area contributed by atoms with Gasteiger partial charge in [-0.05, 0) is 6.42 Å². The summed E-state index contributed by atoms with van der Waals surface area (Å²) in [5.74, 6) is 0.992. The molecule has 0 heterocycles. The van der Waals surface area contributed by atoms with Crippen molar-refractivity contribution in [3.8, 4) is 0 Å². The van der Waals surface area contributed by atoms with E-state index in [-0.39, 0.29) is 6.61 Å². The molecule has 0 amide bonds. The molecule has 0 unspecified atom stereocenters. The maximum Gasteiger partial charge on any atom is 0.0888 e. The molecule has 0 bridgehead atoms. The van der Waals surface area contributed by atoms with Crippen LogP contribution < -0.4 is 0 Å². The molecule has 0 aliphatic rings. The van der Waals surface area contributed by atoms with Gasteiger partial charge < -0.3 is 9.84 Å². The normalized spacial score (nSPS) is 15.0. The molecule has 4 heteroatoms. The van der Waals surface area contributed by atoms with E-state index in [1.54, 1.807) is 6.08 Å². The van der Waals surface area contributed by atoms with E-state index in [1.807, 2.05) is 0 Å². The highest BCUT2D eigenvalue weighted by molar-refractivity contribution is 7.85. The summed E-state index contributed by atoms with van der Waals surface area (Å²) in [4.78, 5) is 0. The molecule has 0 aromatic rings. The Hall–Kier alpha value is -0.190. The molecular formula is C10H20O3S. The van der Waals surface area contributed by atoms with Gasteiger partial charge in [0.15, 0.2) is 0 Å².